The molecule has 0 saturated carbocycles. The summed E-state index contributed by atoms with van der Waals surface area (Å²) in [5.41, 5.74) is 1.30. The predicted octanol–water partition coefficient (Wildman–Crippen LogP) is 3.54. The second-order valence-electron chi connectivity index (χ2n) is 7.56. The summed E-state index contributed by atoms with van der Waals surface area (Å²) in [6, 6.07) is 13.0. The van der Waals surface area contributed by atoms with Crippen molar-refractivity contribution in [3.63, 3.8) is 0 Å². The molecule has 2 aromatic rings. The average Bonchev–Trinajstić information content (AvgIpc) is 2.65. The summed E-state index contributed by atoms with van der Waals surface area (Å²) in [5, 5.41) is 2.91. The largest absolute Gasteiger partial charge is 0.490 e. The lowest BCUT2D eigenvalue weighted by Gasteiger charge is -2.29. The summed E-state index contributed by atoms with van der Waals surface area (Å²) < 4.78 is 19.6. The van der Waals surface area contributed by atoms with Gasteiger partial charge in [0.25, 0.3) is 0 Å². The second-order valence-corrected chi connectivity index (χ2v) is 7.56. The Kier molecular flexibility index (Phi) is 6.65. The van der Waals surface area contributed by atoms with Crippen LogP contribution >= 0.6 is 0 Å². The van der Waals surface area contributed by atoms with Gasteiger partial charge in [0.2, 0.25) is 5.91 Å². The predicted molar refractivity (Wildman–Crippen MR) is 109 cm³/mol. The summed E-state index contributed by atoms with van der Waals surface area (Å²) in [6.45, 7) is 2.09. The van der Waals surface area contributed by atoms with Crippen molar-refractivity contribution in [3.05, 3.63) is 59.9 Å². The number of hydrogen-bond donors (Lipinski definition) is 1. The molecule has 6 heteroatoms. The smallest absolute Gasteiger partial charge is 0.246 e. The van der Waals surface area contributed by atoms with Crippen LogP contribution in [-0.2, 0) is 4.79 Å². The van der Waals surface area contributed by atoms with Crippen molar-refractivity contribution in [2.45, 2.75) is 25.0 Å². The maximum atomic E-state index is 13.6. The molecule has 1 heterocycles. The molecule has 0 radical (unpaired) electrons. The molecule has 0 aliphatic carbocycles. The molecule has 0 bridgehead atoms. The summed E-state index contributed by atoms with van der Waals surface area (Å²) in [7, 11) is 5.72. The van der Waals surface area contributed by atoms with Crippen molar-refractivity contribution >= 4 is 11.6 Å². The van der Waals surface area contributed by atoms with Crippen molar-refractivity contribution in [3.8, 4) is 5.75 Å². The van der Waals surface area contributed by atoms with E-state index in [2.05, 4.69) is 17.3 Å². The lowest BCUT2D eigenvalue weighted by molar-refractivity contribution is -0.120. The van der Waals surface area contributed by atoms with E-state index in [1.807, 2.05) is 24.3 Å². The van der Waals surface area contributed by atoms with Crippen LogP contribution in [0.5, 0.6) is 5.75 Å². The van der Waals surface area contributed by atoms with Gasteiger partial charge in [-0.25, -0.2) is 4.39 Å². The number of carbonyl (C=O) groups is 1. The number of anilines is 1. The number of likely N-dealkylation sites (N-methyl/N-ethyl adjacent to an activating group) is 1. The third kappa shape index (κ3) is 5.30. The number of nitrogens with zero attached hydrogens (tertiary/aromatic N) is 2. The molecule has 1 aliphatic rings. The molecule has 150 valence electrons. The maximum Gasteiger partial charge on any atom is 0.246 e. The molecular weight excluding hydrogens is 357 g/mol. The van der Waals surface area contributed by atoms with Crippen LogP contribution in [0.25, 0.3) is 0 Å². The number of carbonyl (C=O) groups excluding carboxylic acids is 1. The minimum atomic E-state index is -0.578. The van der Waals surface area contributed by atoms with Gasteiger partial charge in [-0.05, 0) is 75.9 Å². The molecule has 1 saturated heterocycles. The first-order valence-corrected chi connectivity index (χ1v) is 9.60. The molecule has 0 aromatic heterocycles. The van der Waals surface area contributed by atoms with Crippen LogP contribution in [0.4, 0.5) is 10.1 Å². The number of nitrogens with one attached hydrogen (secondary N) is 1. The van der Waals surface area contributed by atoms with Gasteiger partial charge in [0, 0.05) is 18.8 Å². The van der Waals surface area contributed by atoms with E-state index >= 15 is 0 Å². The molecule has 1 atom stereocenters. The molecule has 3 rings (SSSR count). The van der Waals surface area contributed by atoms with Gasteiger partial charge in [0.15, 0.2) is 0 Å². The van der Waals surface area contributed by atoms with E-state index in [4.69, 9.17) is 4.74 Å². The molecule has 1 fully saturated rings. The highest BCUT2D eigenvalue weighted by Gasteiger charge is 2.23. The highest BCUT2D eigenvalue weighted by atomic mass is 19.1. The monoisotopic (exact) mass is 385 g/mol. The van der Waals surface area contributed by atoms with Crippen molar-refractivity contribution in [1.29, 1.82) is 0 Å². The highest BCUT2D eigenvalue weighted by molar-refractivity contribution is 5.95. The van der Waals surface area contributed by atoms with Crippen molar-refractivity contribution in [2.75, 3.05) is 39.5 Å². The van der Waals surface area contributed by atoms with Gasteiger partial charge < -0.3 is 15.0 Å². The zero-order valence-corrected chi connectivity index (χ0v) is 16.7. The Morgan fingerprint density at radius 1 is 1.18 bits per heavy atom. The third-order valence-corrected chi connectivity index (χ3v) is 5.02. The number of piperidine rings is 1. The van der Waals surface area contributed by atoms with Crippen LogP contribution in [0.1, 0.15) is 24.4 Å². The van der Waals surface area contributed by atoms with Crippen molar-refractivity contribution < 1.29 is 13.9 Å². The molecule has 1 unspecified atom stereocenters. The number of rotatable bonds is 6. The Morgan fingerprint density at radius 2 is 1.86 bits per heavy atom. The molecule has 1 N–H and O–H groups in total. The first kappa shape index (κ1) is 20.3. The van der Waals surface area contributed by atoms with Crippen molar-refractivity contribution in [1.82, 2.24) is 9.80 Å². The minimum Gasteiger partial charge on any atom is -0.490 e. The Labute approximate surface area is 166 Å². The zero-order valence-electron chi connectivity index (χ0n) is 16.7. The second kappa shape index (κ2) is 9.17. The number of amides is 1. The van der Waals surface area contributed by atoms with E-state index in [1.54, 1.807) is 31.1 Å². The fraction of sp³-hybridized carbons (Fsp3) is 0.409. The fourth-order valence-electron chi connectivity index (χ4n) is 3.48. The molecule has 0 spiro atoms. The van der Waals surface area contributed by atoms with E-state index in [0.717, 1.165) is 31.7 Å². The lowest BCUT2D eigenvalue weighted by atomic mass is 10.0. The van der Waals surface area contributed by atoms with Gasteiger partial charge in [-0.15, -0.1) is 0 Å². The number of ether oxygens (including phenoxy) is 1. The van der Waals surface area contributed by atoms with E-state index in [-0.39, 0.29) is 17.8 Å². The van der Waals surface area contributed by atoms with Crippen LogP contribution in [0.15, 0.2) is 48.5 Å². The Bertz CT molecular complexity index is 787. The van der Waals surface area contributed by atoms with Crippen LogP contribution in [0.2, 0.25) is 0 Å². The lowest BCUT2D eigenvalue weighted by Crippen LogP contribution is -2.35. The third-order valence-electron chi connectivity index (χ3n) is 5.02. The topological polar surface area (TPSA) is 44.8 Å². The van der Waals surface area contributed by atoms with E-state index in [1.165, 1.54) is 12.1 Å². The first-order chi connectivity index (χ1) is 13.4. The zero-order chi connectivity index (χ0) is 20.1. The molecule has 1 amide bonds. The van der Waals surface area contributed by atoms with E-state index in [0.29, 0.717) is 11.3 Å². The molecule has 2 aromatic carbocycles. The van der Waals surface area contributed by atoms with Gasteiger partial charge in [-0.2, -0.15) is 0 Å². The molecule has 5 nitrogen and oxygen atoms in total. The van der Waals surface area contributed by atoms with E-state index < -0.39 is 6.04 Å². The number of benzene rings is 2. The highest BCUT2D eigenvalue weighted by Crippen LogP contribution is 2.24. The standard InChI is InChI=1S/C22H28FN3O2/c1-25(2)21(16-5-4-6-17(23)15-16)22(27)24-18-7-9-19(10-8-18)28-20-11-13-26(3)14-12-20/h4-10,15,20-21H,11-14H2,1-3H3,(H,24,27). The van der Waals surface area contributed by atoms with Crippen LogP contribution in [0, 0.1) is 5.82 Å². The molecular formula is C22H28FN3O2. The number of likely N-dealkylation sites (tertiary alicyclic amines) is 1. The van der Waals surface area contributed by atoms with Gasteiger partial charge in [0.1, 0.15) is 23.7 Å². The normalized spacial score (nSPS) is 16.8. The summed E-state index contributed by atoms with van der Waals surface area (Å²) in [6.07, 6.45) is 2.28. The summed E-state index contributed by atoms with van der Waals surface area (Å²) in [4.78, 5) is 16.9. The van der Waals surface area contributed by atoms with Gasteiger partial charge in [0.05, 0.1) is 0 Å². The van der Waals surface area contributed by atoms with E-state index in [9.17, 15) is 9.18 Å². The quantitative estimate of drug-likeness (QED) is 0.826. The fourth-order valence-corrected chi connectivity index (χ4v) is 3.48. The molecule has 28 heavy (non-hydrogen) atoms. The minimum absolute atomic E-state index is 0.209. The van der Waals surface area contributed by atoms with Crippen LogP contribution in [-0.4, -0.2) is 56.0 Å². The van der Waals surface area contributed by atoms with Crippen molar-refractivity contribution in [2.24, 2.45) is 0 Å². The van der Waals surface area contributed by atoms with Gasteiger partial charge in [-0.1, -0.05) is 12.1 Å². The number of halogens is 1. The first-order valence-electron chi connectivity index (χ1n) is 9.60. The maximum absolute atomic E-state index is 13.6. The van der Waals surface area contributed by atoms with Crippen LogP contribution < -0.4 is 10.1 Å². The Hall–Kier alpha value is -2.44. The summed E-state index contributed by atoms with van der Waals surface area (Å²) in [5.74, 6) is 0.244. The SMILES string of the molecule is CN1CCC(Oc2ccc(NC(=O)C(c3cccc(F)c3)N(C)C)cc2)CC1. The molecule has 1 aliphatic heterocycles. The average molecular weight is 385 g/mol. The van der Waals surface area contributed by atoms with Crippen LogP contribution in [0.3, 0.4) is 0 Å². The Balaban J connectivity index is 1.63. The Morgan fingerprint density at radius 3 is 2.46 bits per heavy atom. The van der Waals surface area contributed by atoms with Gasteiger partial charge >= 0.3 is 0 Å². The van der Waals surface area contributed by atoms with Gasteiger partial charge in [-0.3, -0.25) is 9.69 Å². The summed E-state index contributed by atoms with van der Waals surface area (Å²) >= 11 is 0. The number of hydrogen-bond acceptors (Lipinski definition) is 4.